The van der Waals surface area contributed by atoms with Crippen LogP contribution in [0.3, 0.4) is 0 Å². The third kappa shape index (κ3) is 3.19. The molecule has 0 aromatic heterocycles. The van der Waals surface area contributed by atoms with Crippen LogP contribution >= 0.6 is 15.9 Å². The molecule has 1 aliphatic carbocycles. The van der Waals surface area contributed by atoms with Crippen molar-refractivity contribution < 1.29 is 0 Å². The van der Waals surface area contributed by atoms with Crippen LogP contribution in [-0.2, 0) is 0 Å². The van der Waals surface area contributed by atoms with Gasteiger partial charge in [-0.25, -0.2) is 0 Å². The lowest BCUT2D eigenvalue weighted by Gasteiger charge is -2.20. The smallest absolute Gasteiger partial charge is 0.0542 e. The molecule has 0 spiro atoms. The van der Waals surface area contributed by atoms with Crippen molar-refractivity contribution in [3.63, 3.8) is 0 Å². The van der Waals surface area contributed by atoms with Crippen LogP contribution in [0.5, 0.6) is 0 Å². The Kier molecular flexibility index (Phi) is 3.61. The number of anilines is 1. The molecule has 1 fully saturated rings. The highest BCUT2D eigenvalue weighted by atomic mass is 79.9. The zero-order chi connectivity index (χ0) is 13.2. The van der Waals surface area contributed by atoms with E-state index in [1.165, 1.54) is 29.7 Å². The van der Waals surface area contributed by atoms with E-state index < -0.39 is 0 Å². The highest BCUT2D eigenvalue weighted by molar-refractivity contribution is 9.10. The molecule has 0 heterocycles. The average Bonchev–Trinajstić information content (AvgIpc) is 3.20. The molecule has 1 N–H and O–H groups in total. The Hall–Kier alpha value is -1.28. The molecule has 1 saturated carbocycles. The third-order valence-electron chi connectivity index (χ3n) is 3.62. The topological polar surface area (TPSA) is 12.0 Å². The van der Waals surface area contributed by atoms with Gasteiger partial charge in [-0.1, -0.05) is 46.3 Å². The Morgan fingerprint density at radius 3 is 2.47 bits per heavy atom. The largest absolute Gasteiger partial charge is 0.378 e. The van der Waals surface area contributed by atoms with Crippen molar-refractivity contribution in [2.24, 2.45) is 5.92 Å². The highest BCUT2D eigenvalue weighted by Gasteiger charge is 2.32. The Bertz CT molecular complexity index is 540. The first kappa shape index (κ1) is 12.7. The lowest BCUT2D eigenvalue weighted by Crippen LogP contribution is -2.12. The zero-order valence-corrected chi connectivity index (χ0v) is 12.7. The van der Waals surface area contributed by atoms with Gasteiger partial charge >= 0.3 is 0 Å². The monoisotopic (exact) mass is 315 g/mol. The van der Waals surface area contributed by atoms with Crippen molar-refractivity contribution in [2.75, 3.05) is 5.32 Å². The van der Waals surface area contributed by atoms with Crippen molar-refractivity contribution in [1.82, 2.24) is 0 Å². The first-order chi connectivity index (χ1) is 9.22. The van der Waals surface area contributed by atoms with Gasteiger partial charge in [0.15, 0.2) is 0 Å². The number of nitrogens with one attached hydrogen (secondary N) is 1. The van der Waals surface area contributed by atoms with Crippen molar-refractivity contribution in [2.45, 2.75) is 25.8 Å². The minimum atomic E-state index is 0.440. The average molecular weight is 316 g/mol. The maximum atomic E-state index is 3.71. The van der Waals surface area contributed by atoms with Crippen LogP contribution < -0.4 is 5.32 Å². The van der Waals surface area contributed by atoms with Gasteiger partial charge in [0.2, 0.25) is 0 Å². The molecule has 1 nitrogen and oxygen atoms in total. The molecule has 0 aliphatic heterocycles. The van der Waals surface area contributed by atoms with Crippen molar-refractivity contribution >= 4 is 21.6 Å². The van der Waals surface area contributed by atoms with E-state index in [2.05, 4.69) is 76.7 Å². The Morgan fingerprint density at radius 2 is 1.84 bits per heavy atom. The van der Waals surface area contributed by atoms with Gasteiger partial charge in [-0.05, 0) is 55.0 Å². The number of hydrogen-bond donors (Lipinski definition) is 1. The maximum absolute atomic E-state index is 3.71. The molecular formula is C17H18BrN. The standard InChI is InChI=1S/C17H18BrN/c1-12-9-15(18)11-16(10-12)19-17(14-7-8-14)13-5-3-2-4-6-13/h2-6,9-11,14,17,19H,7-8H2,1H3. The predicted molar refractivity (Wildman–Crippen MR) is 84.4 cm³/mol. The fourth-order valence-corrected chi connectivity index (χ4v) is 3.17. The Balaban J connectivity index is 1.86. The second-order valence-electron chi connectivity index (χ2n) is 5.39. The summed E-state index contributed by atoms with van der Waals surface area (Å²) in [5.74, 6) is 0.779. The fraction of sp³-hybridized carbons (Fsp3) is 0.294. The van der Waals surface area contributed by atoms with E-state index in [-0.39, 0.29) is 0 Å². The van der Waals surface area contributed by atoms with Crippen LogP contribution in [0, 0.1) is 12.8 Å². The van der Waals surface area contributed by atoms with E-state index >= 15 is 0 Å². The van der Waals surface area contributed by atoms with E-state index in [1.807, 2.05) is 0 Å². The van der Waals surface area contributed by atoms with E-state index in [9.17, 15) is 0 Å². The zero-order valence-electron chi connectivity index (χ0n) is 11.1. The summed E-state index contributed by atoms with van der Waals surface area (Å²) in [5.41, 5.74) is 3.87. The van der Waals surface area contributed by atoms with Gasteiger partial charge in [0.1, 0.15) is 0 Å². The molecule has 1 aliphatic rings. The van der Waals surface area contributed by atoms with Crippen LogP contribution in [0.15, 0.2) is 53.0 Å². The van der Waals surface area contributed by atoms with Gasteiger partial charge in [-0.15, -0.1) is 0 Å². The second kappa shape index (κ2) is 5.38. The number of rotatable bonds is 4. The van der Waals surface area contributed by atoms with Crippen LogP contribution in [0.1, 0.15) is 30.0 Å². The molecular weight excluding hydrogens is 298 g/mol. The van der Waals surface area contributed by atoms with Crippen molar-refractivity contribution in [1.29, 1.82) is 0 Å². The van der Waals surface area contributed by atoms with Crippen LogP contribution in [0.4, 0.5) is 5.69 Å². The predicted octanol–water partition coefficient (Wildman–Crippen LogP) is 5.32. The molecule has 2 aromatic carbocycles. The normalized spacial score (nSPS) is 16.1. The maximum Gasteiger partial charge on any atom is 0.0542 e. The molecule has 1 atom stereocenters. The Labute approximate surface area is 123 Å². The van der Waals surface area contributed by atoms with Gasteiger partial charge in [-0.3, -0.25) is 0 Å². The van der Waals surface area contributed by atoms with Crippen LogP contribution in [0.2, 0.25) is 0 Å². The van der Waals surface area contributed by atoms with Gasteiger partial charge in [0.25, 0.3) is 0 Å². The van der Waals surface area contributed by atoms with Crippen LogP contribution in [-0.4, -0.2) is 0 Å². The number of halogens is 1. The molecule has 98 valence electrons. The van der Waals surface area contributed by atoms with E-state index in [1.54, 1.807) is 0 Å². The minimum Gasteiger partial charge on any atom is -0.378 e. The summed E-state index contributed by atoms with van der Waals surface area (Å²) in [6, 6.07) is 17.7. The quantitative estimate of drug-likeness (QED) is 0.805. The van der Waals surface area contributed by atoms with Crippen molar-refractivity contribution in [3.05, 3.63) is 64.1 Å². The summed E-state index contributed by atoms with van der Waals surface area (Å²) in [4.78, 5) is 0. The van der Waals surface area contributed by atoms with Crippen LogP contribution in [0.25, 0.3) is 0 Å². The van der Waals surface area contributed by atoms with Gasteiger partial charge in [0.05, 0.1) is 6.04 Å². The van der Waals surface area contributed by atoms with E-state index in [0.717, 1.165) is 10.4 Å². The van der Waals surface area contributed by atoms with E-state index in [4.69, 9.17) is 0 Å². The summed E-state index contributed by atoms with van der Waals surface area (Å²) in [7, 11) is 0. The summed E-state index contributed by atoms with van der Waals surface area (Å²) in [6.45, 7) is 2.13. The SMILES string of the molecule is Cc1cc(Br)cc(NC(c2ccccc2)C2CC2)c1. The summed E-state index contributed by atoms with van der Waals surface area (Å²) >= 11 is 3.57. The van der Waals surface area contributed by atoms with Gasteiger partial charge < -0.3 is 5.32 Å². The molecule has 19 heavy (non-hydrogen) atoms. The molecule has 1 unspecified atom stereocenters. The summed E-state index contributed by atoms with van der Waals surface area (Å²) in [5, 5.41) is 3.71. The van der Waals surface area contributed by atoms with E-state index in [0.29, 0.717) is 6.04 Å². The van der Waals surface area contributed by atoms with Gasteiger partial charge in [-0.2, -0.15) is 0 Å². The first-order valence-corrected chi connectivity index (χ1v) is 7.60. The lowest BCUT2D eigenvalue weighted by atomic mass is 10.0. The fourth-order valence-electron chi connectivity index (χ4n) is 2.56. The summed E-state index contributed by atoms with van der Waals surface area (Å²) in [6.07, 6.45) is 2.67. The number of aryl methyl sites for hydroxylation is 1. The minimum absolute atomic E-state index is 0.440. The molecule has 0 bridgehead atoms. The third-order valence-corrected chi connectivity index (χ3v) is 4.07. The first-order valence-electron chi connectivity index (χ1n) is 6.81. The molecule has 2 aromatic rings. The number of hydrogen-bond acceptors (Lipinski definition) is 1. The lowest BCUT2D eigenvalue weighted by molar-refractivity contribution is 0.679. The highest BCUT2D eigenvalue weighted by Crippen LogP contribution is 2.43. The molecule has 0 amide bonds. The molecule has 2 heteroatoms. The second-order valence-corrected chi connectivity index (χ2v) is 6.30. The summed E-state index contributed by atoms with van der Waals surface area (Å²) < 4.78 is 1.14. The molecule has 3 rings (SSSR count). The molecule has 0 saturated heterocycles. The van der Waals surface area contributed by atoms with Crippen molar-refractivity contribution in [3.8, 4) is 0 Å². The van der Waals surface area contributed by atoms with Gasteiger partial charge in [0, 0.05) is 10.2 Å². The Morgan fingerprint density at radius 1 is 1.11 bits per heavy atom. The molecule has 0 radical (unpaired) electrons. The number of benzene rings is 2.